The molecule has 1 rings (SSSR count). The second-order valence-electron chi connectivity index (χ2n) is 2.41. The van der Waals surface area contributed by atoms with Crippen LogP contribution >= 0.6 is 11.6 Å². The molecule has 0 aromatic carbocycles. The fraction of sp³-hybridized carbons (Fsp3) is 0.375. The summed E-state index contributed by atoms with van der Waals surface area (Å²) < 4.78 is 4.90. The van der Waals surface area contributed by atoms with E-state index >= 15 is 0 Å². The quantitative estimate of drug-likeness (QED) is 0.718. The van der Waals surface area contributed by atoms with Gasteiger partial charge in [-0.05, 0) is 19.1 Å². The van der Waals surface area contributed by atoms with Crippen LogP contribution < -0.4 is 4.74 Å². The first-order valence-electron chi connectivity index (χ1n) is 3.53. The van der Waals surface area contributed by atoms with Crippen molar-refractivity contribution in [3.63, 3.8) is 0 Å². The van der Waals surface area contributed by atoms with E-state index in [2.05, 4.69) is 4.98 Å². The molecular weight excluding hydrogens is 178 g/mol. The number of rotatable bonds is 2. The summed E-state index contributed by atoms with van der Waals surface area (Å²) in [5.41, 5.74) is 0.542. The molecule has 0 radical (unpaired) electrons. The Morgan fingerprint density at radius 2 is 2.25 bits per heavy atom. The van der Waals surface area contributed by atoms with Crippen LogP contribution in [0.3, 0.4) is 0 Å². The predicted molar refractivity (Wildman–Crippen MR) is 46.4 cm³/mol. The van der Waals surface area contributed by atoms with Crippen LogP contribution in [0, 0.1) is 0 Å². The number of aliphatic hydroxyl groups excluding tert-OH is 1. The molecule has 12 heavy (non-hydrogen) atoms. The van der Waals surface area contributed by atoms with Crippen LogP contribution in [0.5, 0.6) is 5.75 Å². The van der Waals surface area contributed by atoms with Crippen LogP contribution in [0.15, 0.2) is 12.1 Å². The summed E-state index contributed by atoms with van der Waals surface area (Å²) >= 11 is 5.73. The van der Waals surface area contributed by atoms with Gasteiger partial charge in [-0.3, -0.25) is 0 Å². The lowest BCUT2D eigenvalue weighted by Gasteiger charge is -2.06. The van der Waals surface area contributed by atoms with Gasteiger partial charge >= 0.3 is 0 Å². The Labute approximate surface area is 76.0 Å². The fourth-order valence-corrected chi connectivity index (χ4v) is 1.06. The minimum Gasteiger partial charge on any atom is -0.494 e. The van der Waals surface area contributed by atoms with Crippen molar-refractivity contribution in [3.8, 4) is 5.75 Å². The minimum absolute atomic E-state index is 0.274. The maximum Gasteiger partial charge on any atom is 0.171 e. The van der Waals surface area contributed by atoms with Crippen molar-refractivity contribution in [2.24, 2.45) is 0 Å². The zero-order valence-corrected chi connectivity index (χ0v) is 7.67. The van der Waals surface area contributed by atoms with Gasteiger partial charge in [0.15, 0.2) is 10.9 Å². The Morgan fingerprint density at radius 3 is 2.67 bits per heavy atom. The molecule has 0 aliphatic heterocycles. The van der Waals surface area contributed by atoms with Crippen molar-refractivity contribution in [3.05, 3.63) is 23.0 Å². The van der Waals surface area contributed by atoms with Crippen molar-refractivity contribution >= 4 is 11.6 Å². The third-order valence-corrected chi connectivity index (χ3v) is 1.75. The van der Waals surface area contributed by atoms with Gasteiger partial charge in [0, 0.05) is 0 Å². The van der Waals surface area contributed by atoms with E-state index in [-0.39, 0.29) is 5.15 Å². The minimum atomic E-state index is -0.603. The standard InChI is InChI=1S/C8H10ClNO2/c1-5(11)6-3-4-7(12-2)8(9)10-6/h3-5,11H,1-2H3. The lowest BCUT2D eigenvalue weighted by Crippen LogP contribution is -1.96. The third-order valence-electron chi connectivity index (χ3n) is 1.48. The molecule has 1 atom stereocenters. The van der Waals surface area contributed by atoms with Crippen LogP contribution in [-0.4, -0.2) is 17.2 Å². The molecule has 1 unspecified atom stereocenters. The van der Waals surface area contributed by atoms with Crippen LogP contribution in [0.2, 0.25) is 5.15 Å². The molecule has 3 nitrogen and oxygen atoms in total. The number of hydrogen-bond acceptors (Lipinski definition) is 3. The zero-order chi connectivity index (χ0) is 9.14. The highest BCUT2D eigenvalue weighted by Crippen LogP contribution is 2.23. The average Bonchev–Trinajstić information content (AvgIpc) is 2.04. The van der Waals surface area contributed by atoms with Crippen molar-refractivity contribution < 1.29 is 9.84 Å². The number of halogens is 1. The van der Waals surface area contributed by atoms with Crippen LogP contribution in [-0.2, 0) is 0 Å². The second-order valence-corrected chi connectivity index (χ2v) is 2.76. The summed E-state index contributed by atoms with van der Waals surface area (Å²) in [6, 6.07) is 3.35. The van der Waals surface area contributed by atoms with Gasteiger partial charge in [0.2, 0.25) is 0 Å². The van der Waals surface area contributed by atoms with E-state index in [9.17, 15) is 0 Å². The Balaban J connectivity index is 3.02. The maximum absolute atomic E-state index is 9.15. The van der Waals surface area contributed by atoms with Gasteiger partial charge in [-0.2, -0.15) is 0 Å². The number of nitrogens with zero attached hydrogens (tertiary/aromatic N) is 1. The van der Waals surface area contributed by atoms with E-state index < -0.39 is 6.10 Å². The summed E-state index contributed by atoms with van der Waals surface area (Å²) in [6.07, 6.45) is -0.603. The Morgan fingerprint density at radius 1 is 1.58 bits per heavy atom. The number of aromatic nitrogens is 1. The molecule has 0 amide bonds. The maximum atomic E-state index is 9.15. The molecule has 0 saturated heterocycles. The lowest BCUT2D eigenvalue weighted by molar-refractivity contribution is 0.194. The molecule has 0 aliphatic rings. The molecule has 0 fully saturated rings. The van der Waals surface area contributed by atoms with Crippen molar-refractivity contribution in [2.75, 3.05) is 7.11 Å². The monoisotopic (exact) mass is 187 g/mol. The SMILES string of the molecule is COc1ccc(C(C)O)nc1Cl. The molecule has 66 valence electrons. The predicted octanol–water partition coefficient (Wildman–Crippen LogP) is 1.80. The van der Waals surface area contributed by atoms with Gasteiger partial charge in [0.25, 0.3) is 0 Å². The average molecular weight is 188 g/mol. The normalized spacial score (nSPS) is 12.7. The van der Waals surface area contributed by atoms with Gasteiger partial charge < -0.3 is 9.84 Å². The number of ether oxygens (including phenoxy) is 1. The molecule has 0 saturated carbocycles. The topological polar surface area (TPSA) is 42.4 Å². The second kappa shape index (κ2) is 3.74. The number of hydrogen-bond donors (Lipinski definition) is 1. The Kier molecular flexibility index (Phi) is 2.89. The highest BCUT2D eigenvalue weighted by molar-refractivity contribution is 6.30. The third kappa shape index (κ3) is 1.87. The van der Waals surface area contributed by atoms with E-state index in [1.165, 1.54) is 7.11 Å². The van der Waals surface area contributed by atoms with Crippen molar-refractivity contribution in [2.45, 2.75) is 13.0 Å². The summed E-state index contributed by atoms with van der Waals surface area (Å²) in [5.74, 6) is 0.515. The summed E-state index contributed by atoms with van der Waals surface area (Å²) in [6.45, 7) is 1.63. The largest absolute Gasteiger partial charge is 0.494 e. The molecule has 1 N–H and O–H groups in total. The van der Waals surface area contributed by atoms with Gasteiger partial charge in [-0.1, -0.05) is 11.6 Å². The van der Waals surface area contributed by atoms with E-state index in [1.54, 1.807) is 19.1 Å². The molecule has 0 spiro atoms. The van der Waals surface area contributed by atoms with Gasteiger partial charge in [-0.25, -0.2) is 4.98 Å². The first kappa shape index (κ1) is 9.29. The lowest BCUT2D eigenvalue weighted by atomic mass is 10.2. The Bertz CT molecular complexity index is 276. The first-order valence-corrected chi connectivity index (χ1v) is 3.91. The first-order chi connectivity index (χ1) is 5.65. The van der Waals surface area contributed by atoms with Gasteiger partial charge in [-0.15, -0.1) is 0 Å². The van der Waals surface area contributed by atoms with E-state index in [0.29, 0.717) is 11.4 Å². The molecule has 4 heteroatoms. The molecule has 0 aliphatic carbocycles. The van der Waals surface area contributed by atoms with E-state index in [4.69, 9.17) is 21.4 Å². The fourth-order valence-electron chi connectivity index (χ4n) is 0.820. The highest BCUT2D eigenvalue weighted by Gasteiger charge is 2.06. The zero-order valence-electron chi connectivity index (χ0n) is 6.91. The molecule has 0 bridgehead atoms. The summed E-state index contributed by atoms with van der Waals surface area (Å²) in [4.78, 5) is 3.93. The summed E-state index contributed by atoms with van der Waals surface area (Å²) in [5, 5.41) is 9.42. The summed E-state index contributed by atoms with van der Waals surface area (Å²) in [7, 11) is 1.52. The molecule has 1 aromatic heterocycles. The molecular formula is C8H10ClNO2. The van der Waals surface area contributed by atoms with E-state index in [1.807, 2.05) is 0 Å². The Hall–Kier alpha value is -0.800. The van der Waals surface area contributed by atoms with Crippen molar-refractivity contribution in [1.82, 2.24) is 4.98 Å². The van der Waals surface area contributed by atoms with E-state index in [0.717, 1.165) is 0 Å². The van der Waals surface area contributed by atoms with Crippen molar-refractivity contribution in [1.29, 1.82) is 0 Å². The smallest absolute Gasteiger partial charge is 0.171 e. The molecule has 1 aromatic rings. The highest BCUT2D eigenvalue weighted by atomic mass is 35.5. The van der Waals surface area contributed by atoms with Gasteiger partial charge in [0.05, 0.1) is 18.9 Å². The number of pyridine rings is 1. The number of methoxy groups -OCH3 is 1. The van der Waals surface area contributed by atoms with Crippen LogP contribution in [0.4, 0.5) is 0 Å². The van der Waals surface area contributed by atoms with Crippen LogP contribution in [0.25, 0.3) is 0 Å². The van der Waals surface area contributed by atoms with Crippen LogP contribution in [0.1, 0.15) is 18.7 Å². The molecule has 1 heterocycles. The number of aliphatic hydroxyl groups is 1. The van der Waals surface area contributed by atoms with Gasteiger partial charge in [0.1, 0.15) is 0 Å².